The number of rotatable bonds is 7. The van der Waals surface area contributed by atoms with Crippen molar-refractivity contribution < 1.29 is 4.39 Å². The predicted octanol–water partition coefficient (Wildman–Crippen LogP) is 4.69. The molecule has 0 saturated heterocycles. The molecule has 0 aliphatic rings. The highest BCUT2D eigenvalue weighted by Gasteiger charge is 2.08. The Hall–Kier alpha value is -1.77. The Balaban J connectivity index is 1.59. The monoisotopic (exact) mass is 364 g/mol. The highest BCUT2D eigenvalue weighted by atomic mass is 32.2. The van der Waals surface area contributed by atoms with E-state index in [1.165, 1.54) is 23.5 Å². The molecular formula is C15H13FN4S3. The molecule has 0 aliphatic carbocycles. The van der Waals surface area contributed by atoms with Crippen LogP contribution in [0.3, 0.4) is 0 Å². The fourth-order valence-corrected chi connectivity index (χ4v) is 4.32. The molecule has 2 heterocycles. The number of halogens is 1. The molecule has 0 unspecified atom stereocenters. The summed E-state index contributed by atoms with van der Waals surface area (Å²) in [6, 6.07) is 6.38. The van der Waals surface area contributed by atoms with Crippen molar-refractivity contribution >= 4 is 39.6 Å². The second kappa shape index (κ2) is 7.67. The Labute approximate surface area is 145 Å². The summed E-state index contributed by atoms with van der Waals surface area (Å²) in [5.41, 5.74) is 1.91. The average Bonchev–Trinajstić information content (AvgIpc) is 3.21. The minimum atomic E-state index is -0.238. The van der Waals surface area contributed by atoms with Gasteiger partial charge < -0.3 is 5.32 Å². The Morgan fingerprint density at radius 3 is 2.87 bits per heavy atom. The molecule has 0 aliphatic heterocycles. The smallest absolute Gasteiger partial charge is 0.206 e. The van der Waals surface area contributed by atoms with Gasteiger partial charge in [0.25, 0.3) is 0 Å². The van der Waals surface area contributed by atoms with Crippen molar-refractivity contribution in [2.75, 3.05) is 11.9 Å². The van der Waals surface area contributed by atoms with Gasteiger partial charge in [-0.2, -0.15) is 0 Å². The molecule has 2 aromatic heterocycles. The van der Waals surface area contributed by atoms with E-state index in [-0.39, 0.29) is 5.82 Å². The number of hydrogen-bond acceptors (Lipinski definition) is 7. The SMILES string of the molecule is C=CCNc1nnc(SCc2csc(-c3ccc(F)cc3)n2)s1. The fourth-order valence-electron chi connectivity index (χ4n) is 1.73. The first-order valence-corrected chi connectivity index (χ1v) is 9.44. The predicted molar refractivity (Wildman–Crippen MR) is 95.7 cm³/mol. The van der Waals surface area contributed by atoms with Crippen molar-refractivity contribution in [1.82, 2.24) is 15.2 Å². The lowest BCUT2D eigenvalue weighted by molar-refractivity contribution is 0.628. The van der Waals surface area contributed by atoms with Crippen LogP contribution in [0, 0.1) is 5.82 Å². The maximum atomic E-state index is 13.0. The van der Waals surface area contributed by atoms with Crippen LogP contribution in [0.4, 0.5) is 9.52 Å². The molecule has 1 aromatic carbocycles. The van der Waals surface area contributed by atoms with Crippen LogP contribution in [0.15, 0.2) is 46.6 Å². The summed E-state index contributed by atoms with van der Waals surface area (Å²) < 4.78 is 13.8. The van der Waals surface area contributed by atoms with E-state index in [0.29, 0.717) is 6.54 Å². The first-order chi connectivity index (χ1) is 11.2. The number of thioether (sulfide) groups is 1. The number of anilines is 1. The largest absolute Gasteiger partial charge is 0.357 e. The van der Waals surface area contributed by atoms with Crippen molar-refractivity contribution in [1.29, 1.82) is 0 Å². The summed E-state index contributed by atoms with van der Waals surface area (Å²) in [5, 5.41) is 15.0. The van der Waals surface area contributed by atoms with Crippen LogP contribution in [0.25, 0.3) is 10.6 Å². The van der Waals surface area contributed by atoms with Gasteiger partial charge in [-0.15, -0.1) is 28.1 Å². The Bertz CT molecular complexity index is 782. The lowest BCUT2D eigenvalue weighted by Gasteiger charge is -1.96. The fraction of sp³-hybridized carbons (Fsp3) is 0.133. The summed E-state index contributed by atoms with van der Waals surface area (Å²) in [7, 11) is 0. The van der Waals surface area contributed by atoms with Crippen molar-refractivity contribution in [2.24, 2.45) is 0 Å². The molecule has 8 heteroatoms. The Morgan fingerprint density at radius 1 is 1.26 bits per heavy atom. The van der Waals surface area contributed by atoms with E-state index < -0.39 is 0 Å². The number of thiazole rings is 1. The third-order valence-corrected chi connectivity index (χ3v) is 5.78. The molecule has 3 aromatic rings. The number of hydrogen-bond donors (Lipinski definition) is 1. The first kappa shape index (κ1) is 16.1. The van der Waals surface area contributed by atoms with Crippen molar-refractivity contribution in [3.63, 3.8) is 0 Å². The molecule has 0 bridgehead atoms. The number of nitrogens with one attached hydrogen (secondary N) is 1. The lowest BCUT2D eigenvalue weighted by atomic mass is 10.2. The number of aromatic nitrogens is 3. The van der Waals surface area contributed by atoms with Crippen LogP contribution in [-0.2, 0) is 5.75 Å². The van der Waals surface area contributed by atoms with Crippen LogP contribution < -0.4 is 5.32 Å². The van der Waals surface area contributed by atoms with Gasteiger partial charge in [-0.05, 0) is 24.3 Å². The van der Waals surface area contributed by atoms with Gasteiger partial charge in [0.05, 0.1) is 5.69 Å². The first-order valence-electron chi connectivity index (χ1n) is 6.76. The molecular weight excluding hydrogens is 351 g/mol. The molecule has 0 atom stereocenters. The molecule has 3 rings (SSSR count). The molecule has 0 saturated carbocycles. The maximum Gasteiger partial charge on any atom is 0.206 e. The standard InChI is InChI=1S/C15H13FN4S3/c1-2-7-17-14-19-20-15(23-14)22-9-12-8-21-13(18-12)10-3-5-11(16)6-4-10/h2-6,8H,1,7,9H2,(H,17,19). The summed E-state index contributed by atoms with van der Waals surface area (Å²) in [5.74, 6) is 0.492. The third-order valence-electron chi connectivity index (χ3n) is 2.79. The third kappa shape index (κ3) is 4.37. The van der Waals surface area contributed by atoms with Gasteiger partial charge in [0.2, 0.25) is 5.13 Å². The summed E-state index contributed by atoms with van der Waals surface area (Å²) in [6.45, 7) is 4.32. The minimum Gasteiger partial charge on any atom is -0.357 e. The molecule has 23 heavy (non-hydrogen) atoms. The number of benzene rings is 1. The van der Waals surface area contributed by atoms with E-state index in [9.17, 15) is 4.39 Å². The molecule has 0 spiro atoms. The highest BCUT2D eigenvalue weighted by molar-refractivity contribution is 8.00. The number of nitrogens with zero attached hydrogens (tertiary/aromatic N) is 3. The van der Waals surface area contributed by atoms with Crippen molar-refractivity contribution in [2.45, 2.75) is 10.1 Å². The average molecular weight is 364 g/mol. The van der Waals surface area contributed by atoms with E-state index in [0.717, 1.165) is 31.5 Å². The summed E-state index contributed by atoms with van der Waals surface area (Å²) in [4.78, 5) is 4.58. The summed E-state index contributed by atoms with van der Waals surface area (Å²) in [6.07, 6.45) is 1.78. The topological polar surface area (TPSA) is 50.7 Å². The zero-order valence-corrected chi connectivity index (χ0v) is 14.5. The van der Waals surface area contributed by atoms with Crippen molar-refractivity contribution in [3.8, 4) is 10.6 Å². The van der Waals surface area contributed by atoms with Crippen LogP contribution in [0.1, 0.15) is 5.69 Å². The van der Waals surface area contributed by atoms with E-state index in [1.807, 2.05) is 5.38 Å². The van der Waals surface area contributed by atoms with Gasteiger partial charge in [0.15, 0.2) is 4.34 Å². The van der Waals surface area contributed by atoms with E-state index in [1.54, 1.807) is 41.3 Å². The van der Waals surface area contributed by atoms with Gasteiger partial charge in [-0.3, -0.25) is 0 Å². The van der Waals surface area contributed by atoms with Crippen LogP contribution >= 0.6 is 34.4 Å². The van der Waals surface area contributed by atoms with Gasteiger partial charge in [-0.1, -0.05) is 29.2 Å². The second-order valence-electron chi connectivity index (χ2n) is 4.48. The maximum absolute atomic E-state index is 13.0. The van der Waals surface area contributed by atoms with E-state index >= 15 is 0 Å². The summed E-state index contributed by atoms with van der Waals surface area (Å²) >= 11 is 4.67. The molecule has 0 fully saturated rings. The Kier molecular flexibility index (Phi) is 5.37. The van der Waals surface area contributed by atoms with Gasteiger partial charge >= 0.3 is 0 Å². The molecule has 0 amide bonds. The van der Waals surface area contributed by atoms with Gasteiger partial charge in [0, 0.05) is 23.2 Å². The van der Waals surface area contributed by atoms with Crippen LogP contribution in [-0.4, -0.2) is 21.7 Å². The zero-order valence-electron chi connectivity index (χ0n) is 12.0. The molecule has 118 valence electrons. The minimum absolute atomic E-state index is 0.238. The Morgan fingerprint density at radius 2 is 2.09 bits per heavy atom. The van der Waals surface area contributed by atoms with Gasteiger partial charge in [0.1, 0.15) is 10.8 Å². The highest BCUT2D eigenvalue weighted by Crippen LogP contribution is 2.30. The van der Waals surface area contributed by atoms with E-state index in [4.69, 9.17) is 0 Å². The van der Waals surface area contributed by atoms with Crippen molar-refractivity contribution in [3.05, 3.63) is 53.8 Å². The van der Waals surface area contributed by atoms with E-state index in [2.05, 4.69) is 27.1 Å². The van der Waals surface area contributed by atoms with Crippen LogP contribution in [0.5, 0.6) is 0 Å². The zero-order chi connectivity index (χ0) is 16.1. The molecule has 0 radical (unpaired) electrons. The lowest BCUT2D eigenvalue weighted by Crippen LogP contribution is -1.96. The quantitative estimate of drug-likeness (QED) is 0.487. The second-order valence-corrected chi connectivity index (χ2v) is 7.54. The normalized spacial score (nSPS) is 10.7. The van der Waals surface area contributed by atoms with Crippen LogP contribution in [0.2, 0.25) is 0 Å². The molecule has 4 nitrogen and oxygen atoms in total. The van der Waals surface area contributed by atoms with Gasteiger partial charge in [-0.25, -0.2) is 9.37 Å². The molecule has 1 N–H and O–H groups in total.